The topological polar surface area (TPSA) is 75.0 Å². The van der Waals surface area contributed by atoms with E-state index < -0.39 is 26.4 Å². The Hall–Kier alpha value is -1.36. The van der Waals surface area contributed by atoms with E-state index in [0.717, 1.165) is 5.56 Å². The van der Waals surface area contributed by atoms with Crippen LogP contribution in [0.1, 0.15) is 26.3 Å². The highest BCUT2D eigenvalue weighted by atomic mass is 32.2. The minimum absolute atomic E-state index is 0.270. The zero-order valence-corrected chi connectivity index (χ0v) is 12.3. The molecule has 1 rings (SSSR count). The van der Waals surface area contributed by atoms with Gasteiger partial charge in [-0.25, -0.2) is 8.42 Å². The molecule has 0 aliphatic carbocycles. The number of rotatable bonds is 5. The number of benzene rings is 1. The number of nitrogens with one attached hydrogen (secondary N) is 1. The van der Waals surface area contributed by atoms with Crippen LogP contribution in [0.2, 0.25) is 0 Å². The molecular formula is C14H20NO3S. The molecule has 0 unspecified atom stereocenters. The molecule has 0 aliphatic rings. The summed E-state index contributed by atoms with van der Waals surface area (Å²) in [5.74, 6) is -1.89. The Kier molecular flexibility index (Phi) is 4.74. The molecule has 0 spiro atoms. The summed E-state index contributed by atoms with van der Waals surface area (Å²) in [6.45, 7) is 4.82. The summed E-state index contributed by atoms with van der Waals surface area (Å²) in [4.78, 5) is 11.4. The molecule has 1 atom stereocenters. The molecule has 19 heavy (non-hydrogen) atoms. The van der Waals surface area contributed by atoms with Gasteiger partial charge >= 0.3 is 0 Å². The number of carbonyl (C=O) groups is 1. The van der Waals surface area contributed by atoms with Crippen molar-refractivity contribution in [2.75, 3.05) is 5.75 Å². The third-order valence-electron chi connectivity index (χ3n) is 3.05. The number of hydrogen-bond donors (Lipinski definition) is 0. The molecule has 0 fully saturated rings. The summed E-state index contributed by atoms with van der Waals surface area (Å²) in [7, 11) is -3.40. The summed E-state index contributed by atoms with van der Waals surface area (Å²) in [5.41, 5.74) is 8.14. The van der Waals surface area contributed by atoms with Crippen LogP contribution in [0.25, 0.3) is 0 Å². The second kappa shape index (κ2) is 5.74. The molecule has 1 aromatic rings. The van der Waals surface area contributed by atoms with Crippen molar-refractivity contribution < 1.29 is 13.2 Å². The molecule has 0 saturated carbocycles. The lowest BCUT2D eigenvalue weighted by Gasteiger charge is -2.22. The summed E-state index contributed by atoms with van der Waals surface area (Å²) in [6.07, 6.45) is 0.290. The van der Waals surface area contributed by atoms with Gasteiger partial charge in [-0.1, -0.05) is 30.3 Å². The fraction of sp³-hybridized carbons (Fsp3) is 0.500. The lowest BCUT2D eigenvalue weighted by Crippen LogP contribution is -2.36. The van der Waals surface area contributed by atoms with Gasteiger partial charge in [0.1, 0.15) is 0 Å². The Bertz CT molecular complexity index is 530. The van der Waals surface area contributed by atoms with Gasteiger partial charge in [0.25, 0.3) is 0 Å². The minimum atomic E-state index is -3.40. The van der Waals surface area contributed by atoms with Gasteiger partial charge in [-0.3, -0.25) is 10.5 Å². The van der Waals surface area contributed by atoms with Crippen molar-refractivity contribution in [2.24, 2.45) is 5.92 Å². The van der Waals surface area contributed by atoms with Crippen LogP contribution < -0.4 is 5.73 Å². The van der Waals surface area contributed by atoms with E-state index in [0.29, 0.717) is 6.42 Å². The molecule has 1 aromatic carbocycles. The SMILES string of the molecule is CC(C)(C)S(=O)(=O)C[C@@H](Cc1ccccc1)C([NH])=O. The molecular weight excluding hydrogens is 262 g/mol. The zero-order valence-electron chi connectivity index (χ0n) is 11.5. The van der Waals surface area contributed by atoms with Gasteiger partial charge in [-0.15, -0.1) is 0 Å². The third kappa shape index (κ3) is 4.35. The summed E-state index contributed by atoms with van der Waals surface area (Å²) < 4.78 is 23.3. The highest BCUT2D eigenvalue weighted by Gasteiger charge is 2.33. The molecule has 0 bridgehead atoms. The first kappa shape index (κ1) is 15.7. The number of amides is 1. The largest absolute Gasteiger partial charge is 0.273 e. The van der Waals surface area contributed by atoms with Crippen molar-refractivity contribution in [1.29, 1.82) is 0 Å². The number of hydrogen-bond acceptors (Lipinski definition) is 3. The van der Waals surface area contributed by atoms with E-state index in [1.165, 1.54) is 0 Å². The first-order chi connectivity index (χ1) is 8.63. The Morgan fingerprint density at radius 3 is 2.16 bits per heavy atom. The van der Waals surface area contributed by atoms with E-state index in [2.05, 4.69) is 0 Å². The molecule has 5 heteroatoms. The average Bonchev–Trinajstić information content (AvgIpc) is 2.27. The van der Waals surface area contributed by atoms with Crippen molar-refractivity contribution in [3.05, 3.63) is 35.9 Å². The normalized spacial score (nSPS) is 14.1. The van der Waals surface area contributed by atoms with Gasteiger partial charge < -0.3 is 0 Å². The second-order valence-electron chi connectivity index (χ2n) is 5.64. The summed E-state index contributed by atoms with van der Waals surface area (Å²) >= 11 is 0. The first-order valence-electron chi connectivity index (χ1n) is 6.15. The summed E-state index contributed by atoms with van der Waals surface area (Å²) in [5, 5.41) is 0. The van der Waals surface area contributed by atoms with Gasteiger partial charge in [0, 0.05) is 0 Å². The van der Waals surface area contributed by atoms with Crippen molar-refractivity contribution in [3.8, 4) is 0 Å². The smallest absolute Gasteiger partial charge is 0.242 e. The maximum atomic E-state index is 12.1. The monoisotopic (exact) mass is 282 g/mol. The lowest BCUT2D eigenvalue weighted by atomic mass is 10.0. The quantitative estimate of drug-likeness (QED) is 0.827. The van der Waals surface area contributed by atoms with E-state index in [4.69, 9.17) is 5.73 Å². The van der Waals surface area contributed by atoms with Crippen LogP contribution in [0.15, 0.2) is 30.3 Å². The van der Waals surface area contributed by atoms with Gasteiger partial charge in [-0.05, 0) is 32.8 Å². The number of carbonyl (C=O) groups excluding carboxylic acids is 1. The van der Waals surface area contributed by atoms with Crippen molar-refractivity contribution in [3.63, 3.8) is 0 Å². The molecule has 1 N–H and O–H groups in total. The van der Waals surface area contributed by atoms with E-state index in [1.807, 2.05) is 30.3 Å². The average molecular weight is 282 g/mol. The van der Waals surface area contributed by atoms with Gasteiger partial charge in [0.2, 0.25) is 5.91 Å². The van der Waals surface area contributed by atoms with Crippen LogP contribution in [0.3, 0.4) is 0 Å². The van der Waals surface area contributed by atoms with Gasteiger partial charge in [0.15, 0.2) is 9.84 Å². The van der Waals surface area contributed by atoms with E-state index in [-0.39, 0.29) is 5.75 Å². The Morgan fingerprint density at radius 1 is 1.21 bits per heavy atom. The Labute approximate surface area is 114 Å². The van der Waals surface area contributed by atoms with Crippen LogP contribution >= 0.6 is 0 Å². The lowest BCUT2D eigenvalue weighted by molar-refractivity contribution is -0.121. The summed E-state index contributed by atoms with van der Waals surface area (Å²) in [6, 6.07) is 9.18. The fourth-order valence-electron chi connectivity index (χ4n) is 1.64. The molecule has 105 valence electrons. The Morgan fingerprint density at radius 2 is 1.74 bits per heavy atom. The standard InChI is InChI=1S/C14H20NO3S/c1-14(2,3)19(17,18)10-12(13(15)16)9-11-7-5-4-6-8-11/h4-8,12,15H,9-10H2,1-3H3/t12-/m1/s1. The second-order valence-corrected chi connectivity index (χ2v) is 8.43. The van der Waals surface area contributed by atoms with Gasteiger partial charge in [0.05, 0.1) is 16.4 Å². The van der Waals surface area contributed by atoms with Gasteiger partial charge in [-0.2, -0.15) is 0 Å². The van der Waals surface area contributed by atoms with Crippen molar-refractivity contribution >= 4 is 15.7 Å². The maximum absolute atomic E-state index is 12.1. The molecule has 1 radical (unpaired) electrons. The molecule has 0 saturated heterocycles. The third-order valence-corrected chi connectivity index (χ3v) is 5.76. The van der Waals surface area contributed by atoms with Crippen LogP contribution in [0, 0.1) is 5.92 Å². The van der Waals surface area contributed by atoms with Crippen molar-refractivity contribution in [1.82, 2.24) is 5.73 Å². The fourth-order valence-corrected chi connectivity index (χ4v) is 2.94. The first-order valence-corrected chi connectivity index (χ1v) is 7.80. The highest BCUT2D eigenvalue weighted by Crippen LogP contribution is 2.21. The zero-order chi connectivity index (χ0) is 14.7. The van der Waals surface area contributed by atoms with Crippen LogP contribution in [0.5, 0.6) is 0 Å². The predicted octanol–water partition coefficient (Wildman–Crippen LogP) is 1.87. The molecule has 1 amide bonds. The number of sulfone groups is 1. The molecule has 4 nitrogen and oxygen atoms in total. The van der Waals surface area contributed by atoms with Crippen LogP contribution in [-0.4, -0.2) is 24.8 Å². The highest BCUT2D eigenvalue weighted by molar-refractivity contribution is 7.92. The Balaban J connectivity index is 2.90. The molecule has 0 heterocycles. The van der Waals surface area contributed by atoms with Crippen molar-refractivity contribution in [2.45, 2.75) is 31.9 Å². The van der Waals surface area contributed by atoms with Crippen LogP contribution in [0.4, 0.5) is 0 Å². The van der Waals surface area contributed by atoms with E-state index in [9.17, 15) is 13.2 Å². The molecule has 0 aromatic heterocycles. The maximum Gasteiger partial charge on any atom is 0.242 e. The minimum Gasteiger partial charge on any atom is -0.273 e. The van der Waals surface area contributed by atoms with E-state index >= 15 is 0 Å². The molecule has 0 aliphatic heterocycles. The van der Waals surface area contributed by atoms with E-state index in [1.54, 1.807) is 20.8 Å². The van der Waals surface area contributed by atoms with Crippen LogP contribution in [-0.2, 0) is 21.1 Å². The predicted molar refractivity (Wildman–Crippen MR) is 75.3 cm³/mol.